The van der Waals surface area contributed by atoms with Crippen molar-refractivity contribution in [3.63, 3.8) is 0 Å². The molecule has 8 aromatic carbocycles. The Morgan fingerprint density at radius 3 is 1.84 bits per heavy atom. The molecule has 2 nitrogen and oxygen atoms in total. The van der Waals surface area contributed by atoms with E-state index >= 15 is 0 Å². The predicted octanol–water partition coefficient (Wildman–Crippen LogP) is 16.2. The van der Waals surface area contributed by atoms with Gasteiger partial charge in [-0.25, -0.2) is 0 Å². The third kappa shape index (κ3) is 4.76. The highest BCUT2D eigenvalue weighted by Crippen LogP contribution is 2.82. The Kier molecular flexibility index (Phi) is 7.31. The Bertz CT molecular complexity index is 3220. The molecule has 2 bridgehead atoms. The smallest absolute Gasteiger partial charge is 0.137 e. The van der Waals surface area contributed by atoms with E-state index in [9.17, 15) is 0 Å². The number of rotatable bonds is 6. The normalized spacial score (nSPS) is 24.8. The molecule has 298 valence electrons. The van der Waals surface area contributed by atoms with Gasteiger partial charge in [0.05, 0.1) is 0 Å². The van der Waals surface area contributed by atoms with Crippen molar-refractivity contribution in [1.29, 1.82) is 0 Å². The molecule has 5 aliphatic rings. The molecule has 0 aliphatic heterocycles. The van der Waals surface area contributed by atoms with E-state index < -0.39 is 0 Å². The standard InChI is InChI=1S/C60H47NO/c1-2-9-39(10-3-1)41-22-27-46(28-23-41)61(48-31-32-51-50-11-5-7-16-55(50)62-56(51)35-48)47-29-24-42(25-30-47)40-18-20-43(21-19-40)49-13-8-15-54-58(49)52-12-4-6-14-53(52)60(54)37-44-26-17-38-33-45-34-57(60)59(44,45)36-38/h1-16,18-25,27-32,35,38,44-45,57H,17,26,33-34,36-37H2. The number of para-hydroxylation sites is 1. The summed E-state index contributed by atoms with van der Waals surface area (Å²) in [4.78, 5) is 2.34. The van der Waals surface area contributed by atoms with Gasteiger partial charge in [0, 0.05) is 39.3 Å². The molecule has 2 spiro atoms. The third-order valence-electron chi connectivity index (χ3n) is 16.8. The SMILES string of the molecule is c1ccc(-c2ccc(N(c3ccc(-c4ccc(-c5cccc6c5-c5ccccc5C65CC6CCC7CC8CC5C86C7)cc4)cc3)c3ccc4c(c3)oc3ccccc34)cc2)cc1. The van der Waals surface area contributed by atoms with Crippen LogP contribution in [0.15, 0.2) is 192 Å². The highest BCUT2D eigenvalue weighted by atomic mass is 16.3. The molecule has 5 aliphatic carbocycles. The first-order chi connectivity index (χ1) is 30.7. The minimum Gasteiger partial charge on any atom is -0.456 e. The van der Waals surface area contributed by atoms with Crippen molar-refractivity contribution in [3.8, 4) is 44.5 Å². The fourth-order valence-electron chi connectivity index (χ4n) is 14.3. The zero-order valence-corrected chi connectivity index (χ0v) is 34.8. The molecule has 1 aromatic heterocycles. The summed E-state index contributed by atoms with van der Waals surface area (Å²) in [5, 5.41) is 2.27. The first-order valence-corrected chi connectivity index (χ1v) is 23.0. The van der Waals surface area contributed by atoms with Crippen molar-refractivity contribution in [2.75, 3.05) is 4.90 Å². The van der Waals surface area contributed by atoms with Gasteiger partial charge in [-0.1, -0.05) is 146 Å². The quantitative estimate of drug-likeness (QED) is 0.167. The van der Waals surface area contributed by atoms with Gasteiger partial charge in [0.25, 0.3) is 0 Å². The van der Waals surface area contributed by atoms with Crippen LogP contribution in [-0.4, -0.2) is 0 Å². The summed E-state index contributed by atoms with van der Waals surface area (Å²) in [6.45, 7) is 0. The van der Waals surface area contributed by atoms with Crippen molar-refractivity contribution in [2.45, 2.75) is 43.9 Å². The topological polar surface area (TPSA) is 16.4 Å². The Labute approximate surface area is 363 Å². The molecule has 0 N–H and O–H groups in total. The molecule has 14 rings (SSSR count). The van der Waals surface area contributed by atoms with Crippen LogP contribution in [0.3, 0.4) is 0 Å². The van der Waals surface area contributed by atoms with Gasteiger partial charge in [-0.2, -0.15) is 0 Å². The van der Waals surface area contributed by atoms with E-state index in [1.807, 2.05) is 12.1 Å². The van der Waals surface area contributed by atoms with Crippen molar-refractivity contribution in [1.82, 2.24) is 0 Å². The van der Waals surface area contributed by atoms with Crippen LogP contribution >= 0.6 is 0 Å². The van der Waals surface area contributed by atoms with Gasteiger partial charge in [-0.05, 0) is 159 Å². The van der Waals surface area contributed by atoms with Gasteiger partial charge in [-0.3, -0.25) is 0 Å². The number of furan rings is 1. The summed E-state index contributed by atoms with van der Waals surface area (Å²) < 4.78 is 6.39. The number of anilines is 3. The summed E-state index contributed by atoms with van der Waals surface area (Å²) in [6.07, 6.45) is 8.73. The Morgan fingerprint density at radius 1 is 0.435 bits per heavy atom. The van der Waals surface area contributed by atoms with Crippen LogP contribution in [0.4, 0.5) is 17.1 Å². The van der Waals surface area contributed by atoms with E-state index in [-0.39, 0.29) is 5.41 Å². The van der Waals surface area contributed by atoms with Gasteiger partial charge in [-0.15, -0.1) is 0 Å². The van der Waals surface area contributed by atoms with E-state index in [4.69, 9.17) is 4.42 Å². The summed E-state index contributed by atoms with van der Waals surface area (Å²) >= 11 is 0. The van der Waals surface area contributed by atoms with Gasteiger partial charge < -0.3 is 9.32 Å². The first kappa shape index (κ1) is 35.0. The molecular weight excluding hydrogens is 751 g/mol. The van der Waals surface area contributed by atoms with Gasteiger partial charge in [0.15, 0.2) is 0 Å². The highest BCUT2D eigenvalue weighted by molar-refractivity contribution is 6.06. The van der Waals surface area contributed by atoms with Crippen LogP contribution in [0.25, 0.3) is 66.4 Å². The largest absolute Gasteiger partial charge is 0.456 e. The lowest BCUT2D eigenvalue weighted by molar-refractivity contribution is -0.0593. The molecule has 62 heavy (non-hydrogen) atoms. The number of fused-ring (bicyclic) bond motifs is 10. The lowest BCUT2D eigenvalue weighted by atomic mass is 9.47. The maximum Gasteiger partial charge on any atom is 0.137 e. The van der Waals surface area contributed by atoms with Crippen LogP contribution in [-0.2, 0) is 5.41 Å². The fraction of sp³-hybridized carbons (Fsp3) is 0.200. The minimum atomic E-state index is 0.180. The van der Waals surface area contributed by atoms with Crippen molar-refractivity contribution >= 4 is 39.0 Å². The summed E-state index contributed by atoms with van der Waals surface area (Å²) in [5.41, 5.74) is 19.6. The number of hydrogen-bond donors (Lipinski definition) is 0. The van der Waals surface area contributed by atoms with Crippen molar-refractivity contribution in [3.05, 3.63) is 199 Å². The number of hydrogen-bond acceptors (Lipinski definition) is 2. The second-order valence-electron chi connectivity index (χ2n) is 19.3. The first-order valence-electron chi connectivity index (χ1n) is 23.0. The number of nitrogens with zero attached hydrogens (tertiary/aromatic N) is 1. The van der Waals surface area contributed by atoms with Crippen LogP contribution < -0.4 is 4.90 Å². The van der Waals surface area contributed by atoms with Gasteiger partial charge in [0.1, 0.15) is 11.2 Å². The maximum atomic E-state index is 6.39. The van der Waals surface area contributed by atoms with E-state index in [2.05, 4.69) is 181 Å². The van der Waals surface area contributed by atoms with E-state index in [0.29, 0.717) is 5.41 Å². The zero-order valence-electron chi connectivity index (χ0n) is 34.8. The third-order valence-corrected chi connectivity index (χ3v) is 16.8. The molecule has 1 heterocycles. The Balaban J connectivity index is 0.810. The van der Waals surface area contributed by atoms with Gasteiger partial charge in [0.2, 0.25) is 0 Å². The van der Waals surface area contributed by atoms with Crippen LogP contribution in [0.2, 0.25) is 0 Å². The van der Waals surface area contributed by atoms with Crippen LogP contribution in [0, 0.1) is 29.1 Å². The van der Waals surface area contributed by atoms with E-state index in [1.54, 1.807) is 11.1 Å². The Hall–Kier alpha value is -6.64. The second-order valence-corrected chi connectivity index (χ2v) is 19.3. The van der Waals surface area contributed by atoms with E-state index in [1.165, 1.54) is 83.0 Å². The van der Waals surface area contributed by atoms with Crippen LogP contribution in [0.1, 0.15) is 49.7 Å². The summed E-state index contributed by atoms with van der Waals surface area (Å²) in [6, 6.07) is 69.7. The minimum absolute atomic E-state index is 0.180. The number of benzene rings is 8. The molecular formula is C60H47NO. The fourth-order valence-corrected chi connectivity index (χ4v) is 14.3. The molecule has 6 atom stereocenters. The van der Waals surface area contributed by atoms with E-state index in [0.717, 1.165) is 62.7 Å². The van der Waals surface area contributed by atoms with Crippen molar-refractivity contribution < 1.29 is 4.42 Å². The molecule has 0 radical (unpaired) electrons. The molecule has 2 heteroatoms. The lowest BCUT2D eigenvalue weighted by Gasteiger charge is -2.56. The molecule has 4 saturated carbocycles. The predicted molar refractivity (Wildman–Crippen MR) is 255 cm³/mol. The van der Waals surface area contributed by atoms with Gasteiger partial charge >= 0.3 is 0 Å². The van der Waals surface area contributed by atoms with Crippen LogP contribution in [0.5, 0.6) is 0 Å². The second kappa shape index (κ2) is 12.9. The Morgan fingerprint density at radius 2 is 1.05 bits per heavy atom. The van der Waals surface area contributed by atoms with Crippen molar-refractivity contribution in [2.24, 2.45) is 29.1 Å². The zero-order chi connectivity index (χ0) is 40.6. The summed E-state index contributed by atoms with van der Waals surface area (Å²) in [7, 11) is 0. The molecule has 4 fully saturated rings. The summed E-state index contributed by atoms with van der Waals surface area (Å²) in [5.74, 6) is 3.66. The molecule has 9 aromatic rings. The molecule has 0 amide bonds. The molecule has 6 unspecified atom stereocenters. The maximum absolute atomic E-state index is 6.39. The monoisotopic (exact) mass is 797 g/mol. The highest BCUT2D eigenvalue weighted by Gasteiger charge is 2.75. The average Bonchev–Trinajstić information content (AvgIpc) is 3.99. The average molecular weight is 798 g/mol. The lowest BCUT2D eigenvalue weighted by Crippen LogP contribution is -2.51. The molecule has 0 saturated heterocycles.